The highest BCUT2D eigenvalue weighted by Gasteiger charge is 2.23. The van der Waals surface area contributed by atoms with Crippen LogP contribution in [-0.2, 0) is 4.79 Å². The molecule has 1 saturated heterocycles. The van der Waals surface area contributed by atoms with Crippen molar-refractivity contribution in [3.8, 4) is 6.07 Å². The number of likely N-dealkylation sites (N-methyl/N-ethyl adjacent to an activating group) is 1. The molecule has 0 spiro atoms. The number of carbonyl (C=O) groups is 1. The van der Waals surface area contributed by atoms with Gasteiger partial charge in [-0.2, -0.15) is 5.26 Å². The Balaban J connectivity index is 2.11. The molecule has 1 heterocycles. The summed E-state index contributed by atoms with van der Waals surface area (Å²) in [6.07, 6.45) is 1.56. The Hall–Kier alpha value is -1.82. The van der Waals surface area contributed by atoms with Crippen LogP contribution in [0.3, 0.4) is 0 Å². The first-order valence-corrected chi connectivity index (χ1v) is 6.35. The Kier molecular flexibility index (Phi) is 3.66. The minimum Gasteiger partial charge on any atom is -0.345 e. The fourth-order valence-electron chi connectivity index (χ4n) is 2.42. The molecule has 0 saturated carbocycles. The zero-order valence-electron chi connectivity index (χ0n) is 10.9. The number of nitriles is 1. The average Bonchev–Trinajstić information content (AvgIpc) is 2.41. The van der Waals surface area contributed by atoms with Gasteiger partial charge in [-0.1, -0.05) is 24.3 Å². The molecule has 18 heavy (non-hydrogen) atoms. The Morgan fingerprint density at radius 3 is 2.61 bits per heavy atom. The molecule has 2 rings (SSSR count). The number of likely N-dealkylation sites (tertiary alicyclic amines) is 1. The number of hydrogen-bond donors (Lipinski definition) is 0. The Labute approximate surface area is 108 Å². The molecule has 0 N–H and O–H groups in total. The van der Waals surface area contributed by atoms with Gasteiger partial charge in [-0.3, -0.25) is 4.79 Å². The van der Waals surface area contributed by atoms with Crippen LogP contribution in [-0.4, -0.2) is 24.4 Å². The van der Waals surface area contributed by atoms with Crippen molar-refractivity contribution in [1.29, 1.82) is 5.26 Å². The van der Waals surface area contributed by atoms with Gasteiger partial charge in [0.1, 0.15) is 0 Å². The molecule has 0 bridgehead atoms. The molecule has 0 aromatic heterocycles. The van der Waals surface area contributed by atoms with E-state index in [0.29, 0.717) is 12.3 Å². The quantitative estimate of drug-likeness (QED) is 0.800. The van der Waals surface area contributed by atoms with Gasteiger partial charge in [0.2, 0.25) is 5.91 Å². The lowest BCUT2D eigenvalue weighted by Gasteiger charge is -2.30. The monoisotopic (exact) mass is 242 g/mol. The van der Waals surface area contributed by atoms with E-state index in [1.807, 2.05) is 26.1 Å². The summed E-state index contributed by atoms with van der Waals surface area (Å²) in [4.78, 5) is 13.2. The van der Waals surface area contributed by atoms with Gasteiger partial charge in [0.15, 0.2) is 0 Å². The summed E-state index contributed by atoms with van der Waals surface area (Å²) in [5.41, 5.74) is 2.32. The number of benzene rings is 1. The summed E-state index contributed by atoms with van der Waals surface area (Å²) in [7, 11) is 1.86. The zero-order chi connectivity index (χ0) is 13.1. The second kappa shape index (κ2) is 5.22. The minimum absolute atomic E-state index is 0.0605. The van der Waals surface area contributed by atoms with Gasteiger partial charge in [0.25, 0.3) is 0 Å². The molecular weight excluding hydrogens is 224 g/mol. The predicted octanol–water partition coefficient (Wildman–Crippen LogP) is 2.65. The van der Waals surface area contributed by atoms with Crippen molar-refractivity contribution in [2.24, 2.45) is 0 Å². The highest BCUT2D eigenvalue weighted by Crippen LogP contribution is 2.27. The maximum atomic E-state index is 11.4. The van der Waals surface area contributed by atoms with Gasteiger partial charge in [-0.15, -0.1) is 0 Å². The van der Waals surface area contributed by atoms with Crippen molar-refractivity contribution in [2.75, 3.05) is 13.6 Å². The van der Waals surface area contributed by atoms with Crippen LogP contribution in [0.1, 0.15) is 42.7 Å². The van der Waals surface area contributed by atoms with E-state index in [1.54, 1.807) is 4.90 Å². The standard InChI is InChI=1S/C15H18N2O/c1-11(9-16)12-3-5-13(6-4-12)14-7-8-15(18)17(2)10-14/h3-6,11,14H,7-8,10H2,1-2H3. The molecule has 1 aromatic carbocycles. The van der Waals surface area contributed by atoms with Crippen molar-refractivity contribution >= 4 is 5.91 Å². The summed E-state index contributed by atoms with van der Waals surface area (Å²) in [6.45, 7) is 2.70. The van der Waals surface area contributed by atoms with Crippen LogP contribution >= 0.6 is 0 Å². The van der Waals surface area contributed by atoms with E-state index in [9.17, 15) is 4.79 Å². The maximum absolute atomic E-state index is 11.4. The third kappa shape index (κ3) is 2.53. The van der Waals surface area contributed by atoms with Gasteiger partial charge in [-0.25, -0.2) is 0 Å². The van der Waals surface area contributed by atoms with Crippen LogP contribution in [0.15, 0.2) is 24.3 Å². The molecule has 1 aliphatic rings. The first-order chi connectivity index (χ1) is 8.61. The maximum Gasteiger partial charge on any atom is 0.222 e. The largest absolute Gasteiger partial charge is 0.345 e. The third-order valence-electron chi connectivity index (χ3n) is 3.73. The molecule has 0 radical (unpaired) electrons. The van der Waals surface area contributed by atoms with Crippen molar-refractivity contribution in [1.82, 2.24) is 4.90 Å². The normalized spacial score (nSPS) is 21.5. The van der Waals surface area contributed by atoms with Gasteiger partial charge in [-0.05, 0) is 24.5 Å². The summed E-state index contributed by atoms with van der Waals surface area (Å²) < 4.78 is 0. The van der Waals surface area contributed by atoms with Gasteiger partial charge in [0, 0.05) is 25.9 Å². The SMILES string of the molecule is CC(C#N)c1ccc(C2CCC(=O)N(C)C2)cc1. The minimum atomic E-state index is -0.0605. The van der Waals surface area contributed by atoms with E-state index in [2.05, 4.69) is 18.2 Å². The third-order valence-corrected chi connectivity index (χ3v) is 3.73. The molecule has 1 amide bonds. The molecule has 0 aliphatic carbocycles. The first kappa shape index (κ1) is 12.6. The number of rotatable bonds is 2. The topological polar surface area (TPSA) is 44.1 Å². The van der Waals surface area contributed by atoms with Gasteiger partial charge in [0.05, 0.1) is 12.0 Å². The predicted molar refractivity (Wildman–Crippen MR) is 70.1 cm³/mol. The molecule has 1 aromatic rings. The van der Waals surface area contributed by atoms with E-state index in [0.717, 1.165) is 18.5 Å². The van der Waals surface area contributed by atoms with E-state index in [1.165, 1.54) is 5.56 Å². The lowest BCUT2D eigenvalue weighted by atomic mass is 9.89. The van der Waals surface area contributed by atoms with Crippen LogP contribution in [0, 0.1) is 11.3 Å². The van der Waals surface area contributed by atoms with E-state index < -0.39 is 0 Å². The van der Waals surface area contributed by atoms with Crippen LogP contribution in [0.2, 0.25) is 0 Å². The number of nitrogens with zero attached hydrogens (tertiary/aromatic N) is 2. The van der Waals surface area contributed by atoms with Gasteiger partial charge >= 0.3 is 0 Å². The lowest BCUT2D eigenvalue weighted by molar-refractivity contribution is -0.132. The fourth-order valence-corrected chi connectivity index (χ4v) is 2.42. The Morgan fingerprint density at radius 1 is 1.39 bits per heavy atom. The van der Waals surface area contributed by atoms with E-state index in [4.69, 9.17) is 5.26 Å². The van der Waals surface area contributed by atoms with Crippen molar-refractivity contribution in [2.45, 2.75) is 31.6 Å². The van der Waals surface area contributed by atoms with Gasteiger partial charge < -0.3 is 4.90 Å². The summed E-state index contributed by atoms with van der Waals surface area (Å²) in [5.74, 6) is 0.606. The molecule has 3 nitrogen and oxygen atoms in total. The molecular formula is C15H18N2O. The molecule has 3 heteroatoms. The van der Waals surface area contributed by atoms with E-state index >= 15 is 0 Å². The summed E-state index contributed by atoms with van der Waals surface area (Å²) in [5, 5.41) is 8.88. The number of hydrogen-bond acceptors (Lipinski definition) is 2. The van der Waals surface area contributed by atoms with Crippen LogP contribution in [0.4, 0.5) is 0 Å². The number of amides is 1. The molecule has 2 unspecified atom stereocenters. The molecule has 1 fully saturated rings. The average molecular weight is 242 g/mol. The fraction of sp³-hybridized carbons (Fsp3) is 0.467. The summed E-state index contributed by atoms with van der Waals surface area (Å²) in [6, 6.07) is 10.5. The van der Waals surface area contributed by atoms with Crippen LogP contribution < -0.4 is 0 Å². The second-order valence-corrected chi connectivity index (χ2v) is 5.03. The number of carbonyl (C=O) groups excluding carboxylic acids is 1. The highest BCUT2D eigenvalue weighted by molar-refractivity contribution is 5.76. The first-order valence-electron chi connectivity index (χ1n) is 6.35. The van der Waals surface area contributed by atoms with Crippen molar-refractivity contribution < 1.29 is 4.79 Å². The van der Waals surface area contributed by atoms with E-state index in [-0.39, 0.29) is 11.8 Å². The molecule has 2 atom stereocenters. The van der Waals surface area contributed by atoms with Crippen molar-refractivity contribution in [3.63, 3.8) is 0 Å². The number of piperidine rings is 1. The Bertz CT molecular complexity index is 472. The lowest BCUT2D eigenvalue weighted by Crippen LogP contribution is -2.35. The van der Waals surface area contributed by atoms with Crippen molar-refractivity contribution in [3.05, 3.63) is 35.4 Å². The summed E-state index contributed by atoms with van der Waals surface area (Å²) >= 11 is 0. The smallest absolute Gasteiger partial charge is 0.222 e. The molecule has 1 aliphatic heterocycles. The second-order valence-electron chi connectivity index (χ2n) is 5.03. The highest BCUT2D eigenvalue weighted by atomic mass is 16.2. The van der Waals surface area contributed by atoms with Crippen LogP contribution in [0.25, 0.3) is 0 Å². The van der Waals surface area contributed by atoms with Crippen LogP contribution in [0.5, 0.6) is 0 Å². The zero-order valence-corrected chi connectivity index (χ0v) is 10.9. The Morgan fingerprint density at radius 2 is 2.06 bits per heavy atom. The molecule has 94 valence electrons.